The molecule has 2 heterocycles. The number of nitrogens with zero attached hydrogens (tertiary/aromatic N) is 3. The van der Waals surface area contributed by atoms with Crippen molar-refractivity contribution < 1.29 is 13.2 Å². The second kappa shape index (κ2) is 4.68. The van der Waals surface area contributed by atoms with Crippen LogP contribution in [-0.2, 0) is 6.18 Å². The van der Waals surface area contributed by atoms with E-state index in [1.807, 2.05) is 0 Å². The monoisotopic (exact) mass is 287 g/mol. The second-order valence-electron chi connectivity index (χ2n) is 5.27. The molecular formula is C12H16F3N5. The fraction of sp³-hybridized carbons (Fsp3) is 0.667. The Kier molecular flexibility index (Phi) is 3.10. The molecule has 0 spiro atoms. The quantitative estimate of drug-likeness (QED) is 0.791. The van der Waals surface area contributed by atoms with Gasteiger partial charge in [0.25, 0.3) is 0 Å². The molecule has 20 heavy (non-hydrogen) atoms. The van der Waals surface area contributed by atoms with Crippen LogP contribution < -0.4 is 5.73 Å². The number of fused-ring (bicyclic) bond motifs is 1. The second-order valence-corrected chi connectivity index (χ2v) is 5.27. The third kappa shape index (κ3) is 2.12. The van der Waals surface area contributed by atoms with Gasteiger partial charge in [0.15, 0.2) is 11.3 Å². The predicted molar refractivity (Wildman–Crippen MR) is 68.0 cm³/mol. The molecule has 0 amide bonds. The van der Waals surface area contributed by atoms with E-state index >= 15 is 0 Å². The van der Waals surface area contributed by atoms with Gasteiger partial charge in [0.05, 0.1) is 11.4 Å². The normalized spacial score (nSPS) is 18.6. The van der Waals surface area contributed by atoms with Crippen LogP contribution in [-0.4, -0.2) is 20.0 Å². The molecule has 1 aliphatic carbocycles. The lowest BCUT2D eigenvalue weighted by atomic mass is 10.1. The Morgan fingerprint density at radius 2 is 1.80 bits per heavy atom. The van der Waals surface area contributed by atoms with Gasteiger partial charge in [0, 0.05) is 0 Å². The number of halogens is 3. The number of nitrogen functional groups attached to an aromatic ring is 1. The highest BCUT2D eigenvalue weighted by atomic mass is 19.4. The first-order valence-corrected chi connectivity index (χ1v) is 6.77. The van der Waals surface area contributed by atoms with Crippen LogP contribution >= 0.6 is 0 Å². The van der Waals surface area contributed by atoms with Crippen molar-refractivity contribution in [3.63, 3.8) is 0 Å². The molecule has 1 saturated carbocycles. The van der Waals surface area contributed by atoms with Crippen LogP contribution in [0.5, 0.6) is 0 Å². The first kappa shape index (κ1) is 13.3. The Bertz CT molecular complexity index is 604. The number of anilines is 1. The molecule has 0 aromatic carbocycles. The number of H-pyrrole nitrogens is 1. The third-order valence-electron chi connectivity index (χ3n) is 3.88. The van der Waals surface area contributed by atoms with Crippen molar-refractivity contribution in [1.29, 1.82) is 0 Å². The summed E-state index contributed by atoms with van der Waals surface area (Å²) in [5.74, 6) is -0.0767. The van der Waals surface area contributed by atoms with Crippen LogP contribution in [0, 0.1) is 0 Å². The van der Waals surface area contributed by atoms with Gasteiger partial charge in [-0.2, -0.15) is 23.4 Å². The van der Waals surface area contributed by atoms with E-state index in [2.05, 4.69) is 15.3 Å². The molecule has 8 heteroatoms. The minimum Gasteiger partial charge on any atom is -0.383 e. The van der Waals surface area contributed by atoms with E-state index in [0.29, 0.717) is 0 Å². The number of hydrogen-bond acceptors (Lipinski definition) is 3. The van der Waals surface area contributed by atoms with Crippen LogP contribution in [0.1, 0.15) is 50.3 Å². The number of aromatic nitrogens is 4. The van der Waals surface area contributed by atoms with Crippen molar-refractivity contribution in [3.8, 4) is 0 Å². The Labute approximate surface area is 113 Å². The Hall–Kier alpha value is -1.73. The fourth-order valence-corrected chi connectivity index (χ4v) is 2.91. The summed E-state index contributed by atoms with van der Waals surface area (Å²) >= 11 is 0. The molecule has 0 aliphatic heterocycles. The van der Waals surface area contributed by atoms with Crippen molar-refractivity contribution in [2.24, 2.45) is 0 Å². The summed E-state index contributed by atoms with van der Waals surface area (Å²) in [5.41, 5.74) is 4.84. The zero-order valence-corrected chi connectivity index (χ0v) is 10.9. The van der Waals surface area contributed by atoms with Gasteiger partial charge in [-0.3, -0.25) is 5.10 Å². The highest BCUT2D eigenvalue weighted by Gasteiger charge is 2.39. The minimum absolute atomic E-state index is 0.0289. The summed E-state index contributed by atoms with van der Waals surface area (Å²) in [4.78, 5) is 0. The molecule has 3 rings (SSSR count). The van der Waals surface area contributed by atoms with Gasteiger partial charge < -0.3 is 5.73 Å². The SMILES string of the molecule is Nc1[nH]nc2c1c(C(F)(F)F)nn2C1CCCCCC1. The zero-order valence-electron chi connectivity index (χ0n) is 10.9. The van der Waals surface area contributed by atoms with Crippen LogP contribution in [0.3, 0.4) is 0 Å². The molecule has 2 aromatic heterocycles. The van der Waals surface area contributed by atoms with Crippen LogP contribution in [0.15, 0.2) is 0 Å². The van der Waals surface area contributed by atoms with Crippen LogP contribution in [0.4, 0.5) is 19.0 Å². The molecule has 5 nitrogen and oxygen atoms in total. The Morgan fingerprint density at radius 1 is 1.15 bits per heavy atom. The average Bonchev–Trinajstić information content (AvgIpc) is 2.80. The van der Waals surface area contributed by atoms with E-state index in [1.165, 1.54) is 4.68 Å². The van der Waals surface area contributed by atoms with Crippen molar-refractivity contribution in [1.82, 2.24) is 20.0 Å². The minimum atomic E-state index is -4.52. The van der Waals surface area contributed by atoms with E-state index in [0.717, 1.165) is 38.5 Å². The van der Waals surface area contributed by atoms with E-state index < -0.39 is 11.9 Å². The lowest BCUT2D eigenvalue weighted by Crippen LogP contribution is -2.13. The van der Waals surface area contributed by atoms with Crippen molar-refractivity contribution in [2.45, 2.75) is 50.7 Å². The number of alkyl halides is 3. The van der Waals surface area contributed by atoms with Crippen LogP contribution in [0.2, 0.25) is 0 Å². The Morgan fingerprint density at radius 3 is 2.40 bits per heavy atom. The number of nitrogens with one attached hydrogen (secondary N) is 1. The highest BCUT2D eigenvalue weighted by molar-refractivity contribution is 5.89. The summed E-state index contributed by atoms with van der Waals surface area (Å²) in [6.07, 6.45) is 1.40. The van der Waals surface area contributed by atoms with Gasteiger partial charge in [0.2, 0.25) is 0 Å². The van der Waals surface area contributed by atoms with E-state index in [4.69, 9.17) is 5.73 Å². The predicted octanol–water partition coefficient (Wildman–Crippen LogP) is 3.26. The average molecular weight is 287 g/mol. The first-order chi connectivity index (χ1) is 9.48. The maximum absolute atomic E-state index is 13.1. The molecule has 0 unspecified atom stereocenters. The molecular weight excluding hydrogens is 271 g/mol. The molecule has 110 valence electrons. The maximum Gasteiger partial charge on any atom is 0.435 e. The van der Waals surface area contributed by atoms with Gasteiger partial charge in [-0.1, -0.05) is 25.7 Å². The number of nitrogens with two attached hydrogens (primary N) is 1. The lowest BCUT2D eigenvalue weighted by Gasteiger charge is -2.14. The van der Waals surface area contributed by atoms with E-state index in [1.54, 1.807) is 0 Å². The maximum atomic E-state index is 13.1. The van der Waals surface area contributed by atoms with Crippen molar-refractivity contribution >= 4 is 16.9 Å². The van der Waals surface area contributed by atoms with Gasteiger partial charge in [-0.15, -0.1) is 0 Å². The highest BCUT2D eigenvalue weighted by Crippen LogP contribution is 2.38. The van der Waals surface area contributed by atoms with Crippen LogP contribution in [0.25, 0.3) is 11.0 Å². The largest absolute Gasteiger partial charge is 0.435 e. The molecule has 1 aliphatic rings. The summed E-state index contributed by atoms with van der Waals surface area (Å²) in [5, 5.41) is 10.0. The zero-order chi connectivity index (χ0) is 14.3. The molecule has 3 N–H and O–H groups in total. The standard InChI is InChI=1S/C12H16F3N5/c13-12(14,15)9-8-10(16)17-18-11(8)20(19-9)7-5-3-1-2-4-6-7/h7H,1-6H2,(H3,16,17,18). The topological polar surface area (TPSA) is 72.5 Å². The Balaban J connectivity index is 2.11. The van der Waals surface area contributed by atoms with Crippen molar-refractivity contribution in [3.05, 3.63) is 5.69 Å². The van der Waals surface area contributed by atoms with Crippen molar-refractivity contribution in [2.75, 3.05) is 5.73 Å². The molecule has 0 bridgehead atoms. The molecule has 1 fully saturated rings. The lowest BCUT2D eigenvalue weighted by molar-refractivity contribution is -0.140. The summed E-state index contributed by atoms with van der Waals surface area (Å²) in [6.45, 7) is 0. The molecule has 0 radical (unpaired) electrons. The third-order valence-corrected chi connectivity index (χ3v) is 3.88. The molecule has 2 aromatic rings. The summed E-state index contributed by atoms with van der Waals surface area (Å²) in [6, 6.07) is -0.0289. The van der Waals surface area contributed by atoms with Gasteiger partial charge >= 0.3 is 6.18 Å². The number of hydrogen-bond donors (Lipinski definition) is 2. The first-order valence-electron chi connectivity index (χ1n) is 6.77. The van der Waals surface area contributed by atoms with Gasteiger partial charge in [0.1, 0.15) is 5.82 Å². The van der Waals surface area contributed by atoms with E-state index in [9.17, 15) is 13.2 Å². The molecule has 0 atom stereocenters. The molecule has 0 saturated heterocycles. The number of aromatic amines is 1. The van der Waals surface area contributed by atoms with Gasteiger partial charge in [-0.05, 0) is 12.8 Å². The van der Waals surface area contributed by atoms with Gasteiger partial charge in [-0.25, -0.2) is 4.68 Å². The van der Waals surface area contributed by atoms with E-state index in [-0.39, 0.29) is 22.9 Å². The number of rotatable bonds is 1. The summed E-state index contributed by atoms with van der Waals surface area (Å²) in [7, 11) is 0. The summed E-state index contributed by atoms with van der Waals surface area (Å²) < 4.78 is 40.6. The fourth-order valence-electron chi connectivity index (χ4n) is 2.91. The smallest absolute Gasteiger partial charge is 0.383 e.